The molecule has 0 bridgehead atoms. The molecule has 5 rings (SSSR count). The van der Waals surface area contributed by atoms with Crippen molar-refractivity contribution in [2.75, 3.05) is 25.1 Å². The van der Waals surface area contributed by atoms with E-state index in [-0.39, 0.29) is 11.6 Å². The highest BCUT2D eigenvalue weighted by molar-refractivity contribution is 5.99. The number of nitrogens with zero attached hydrogens (tertiary/aromatic N) is 5. The second kappa shape index (κ2) is 8.03. The van der Waals surface area contributed by atoms with Gasteiger partial charge in [-0.05, 0) is 43.9 Å². The molecule has 0 N–H and O–H groups in total. The largest absolute Gasteiger partial charge is 0.464 e. The molecule has 1 aromatic carbocycles. The standard InChI is InChI=1S/C24H25N5O2/c1-31-24(30)19-14-20(28-12-10-16(15-25)11-13-28)21-22(17-6-5-7-17)27-29(23(21)26-19)18-8-3-2-4-9-18/h2-4,8-9,14,16-17H,5-7,10-13H2,1H3. The van der Waals surface area contributed by atoms with Crippen LogP contribution in [0.2, 0.25) is 0 Å². The van der Waals surface area contributed by atoms with Crippen molar-refractivity contribution >= 4 is 22.7 Å². The fourth-order valence-corrected chi connectivity index (χ4v) is 4.55. The predicted molar refractivity (Wildman–Crippen MR) is 117 cm³/mol. The summed E-state index contributed by atoms with van der Waals surface area (Å²) in [6.45, 7) is 1.55. The number of rotatable bonds is 4. The molecule has 0 radical (unpaired) electrons. The molecule has 7 nitrogen and oxygen atoms in total. The molecule has 0 atom stereocenters. The number of benzene rings is 1. The highest BCUT2D eigenvalue weighted by Crippen LogP contribution is 2.43. The Balaban J connectivity index is 1.73. The van der Waals surface area contributed by atoms with Crippen molar-refractivity contribution in [3.8, 4) is 11.8 Å². The van der Waals surface area contributed by atoms with Gasteiger partial charge in [-0.25, -0.2) is 14.5 Å². The van der Waals surface area contributed by atoms with Gasteiger partial charge in [0.1, 0.15) is 0 Å². The lowest BCUT2D eigenvalue weighted by atomic mass is 9.82. The number of carbonyl (C=O) groups is 1. The number of fused-ring (bicyclic) bond motifs is 1. The van der Waals surface area contributed by atoms with Crippen molar-refractivity contribution in [3.05, 3.63) is 47.8 Å². The summed E-state index contributed by atoms with van der Waals surface area (Å²) in [6, 6.07) is 14.2. The molecule has 7 heteroatoms. The van der Waals surface area contributed by atoms with E-state index >= 15 is 0 Å². The van der Waals surface area contributed by atoms with Crippen LogP contribution in [-0.2, 0) is 4.74 Å². The van der Waals surface area contributed by atoms with Crippen molar-refractivity contribution in [2.24, 2.45) is 5.92 Å². The third kappa shape index (κ3) is 3.42. The number of carbonyl (C=O) groups excluding carboxylic acids is 1. The van der Waals surface area contributed by atoms with Gasteiger partial charge >= 0.3 is 5.97 Å². The van der Waals surface area contributed by atoms with E-state index in [0.29, 0.717) is 11.6 Å². The zero-order valence-electron chi connectivity index (χ0n) is 17.6. The van der Waals surface area contributed by atoms with Crippen molar-refractivity contribution < 1.29 is 9.53 Å². The Morgan fingerprint density at radius 1 is 1.16 bits per heavy atom. The van der Waals surface area contributed by atoms with Crippen LogP contribution in [-0.4, -0.2) is 40.9 Å². The van der Waals surface area contributed by atoms with Crippen LogP contribution in [0.25, 0.3) is 16.7 Å². The maximum Gasteiger partial charge on any atom is 0.356 e. The van der Waals surface area contributed by atoms with E-state index in [2.05, 4.69) is 11.0 Å². The Kier molecular flexibility index (Phi) is 5.06. The van der Waals surface area contributed by atoms with Crippen LogP contribution in [0.4, 0.5) is 5.69 Å². The van der Waals surface area contributed by atoms with Crippen LogP contribution in [0.3, 0.4) is 0 Å². The van der Waals surface area contributed by atoms with Gasteiger partial charge in [-0.2, -0.15) is 10.4 Å². The molecular weight excluding hydrogens is 390 g/mol. The first kappa shape index (κ1) is 19.6. The Labute approximate surface area is 181 Å². The summed E-state index contributed by atoms with van der Waals surface area (Å²) in [6.07, 6.45) is 5.09. The molecule has 2 fully saturated rings. The van der Waals surface area contributed by atoms with Gasteiger partial charge in [0.2, 0.25) is 0 Å². The van der Waals surface area contributed by atoms with Gasteiger partial charge < -0.3 is 9.64 Å². The third-order valence-corrected chi connectivity index (χ3v) is 6.55. The van der Waals surface area contributed by atoms with Gasteiger partial charge in [0.15, 0.2) is 11.3 Å². The Hall–Kier alpha value is -3.40. The zero-order chi connectivity index (χ0) is 21.4. The van der Waals surface area contributed by atoms with Gasteiger partial charge in [-0.1, -0.05) is 24.6 Å². The minimum atomic E-state index is -0.457. The van der Waals surface area contributed by atoms with Crippen LogP contribution in [0, 0.1) is 17.2 Å². The average Bonchev–Trinajstić information content (AvgIpc) is 3.16. The van der Waals surface area contributed by atoms with Crippen LogP contribution >= 0.6 is 0 Å². The number of anilines is 1. The molecule has 0 unspecified atom stereocenters. The number of esters is 1. The van der Waals surface area contributed by atoms with Gasteiger partial charge in [-0.3, -0.25) is 0 Å². The minimum absolute atomic E-state index is 0.0896. The Morgan fingerprint density at radius 3 is 2.52 bits per heavy atom. The number of methoxy groups -OCH3 is 1. The maximum atomic E-state index is 12.5. The topological polar surface area (TPSA) is 84.0 Å². The van der Waals surface area contributed by atoms with Crippen molar-refractivity contribution in [3.63, 3.8) is 0 Å². The predicted octanol–water partition coefficient (Wildman–Crippen LogP) is 4.21. The van der Waals surface area contributed by atoms with Crippen molar-refractivity contribution in [1.29, 1.82) is 5.26 Å². The molecule has 1 saturated carbocycles. The quantitative estimate of drug-likeness (QED) is 0.594. The summed E-state index contributed by atoms with van der Waals surface area (Å²) in [5.41, 5.74) is 3.93. The highest BCUT2D eigenvalue weighted by Gasteiger charge is 2.31. The smallest absolute Gasteiger partial charge is 0.356 e. The number of pyridine rings is 1. The number of ether oxygens (including phenoxy) is 1. The number of para-hydroxylation sites is 1. The van der Waals surface area contributed by atoms with Gasteiger partial charge in [0.05, 0.1) is 35.6 Å². The van der Waals surface area contributed by atoms with Crippen LogP contribution in [0.15, 0.2) is 36.4 Å². The van der Waals surface area contributed by atoms with Crippen molar-refractivity contribution in [2.45, 2.75) is 38.0 Å². The number of piperidine rings is 1. The second-order valence-electron chi connectivity index (χ2n) is 8.37. The molecule has 0 amide bonds. The molecule has 0 spiro atoms. The fraction of sp³-hybridized carbons (Fsp3) is 0.417. The first-order chi connectivity index (χ1) is 15.2. The normalized spacial score (nSPS) is 17.4. The molecule has 1 aliphatic carbocycles. The number of hydrogen-bond acceptors (Lipinski definition) is 6. The first-order valence-electron chi connectivity index (χ1n) is 10.9. The monoisotopic (exact) mass is 415 g/mol. The van der Waals surface area contributed by atoms with E-state index < -0.39 is 5.97 Å². The fourth-order valence-electron chi connectivity index (χ4n) is 4.55. The highest BCUT2D eigenvalue weighted by atomic mass is 16.5. The number of hydrogen-bond donors (Lipinski definition) is 0. The third-order valence-electron chi connectivity index (χ3n) is 6.55. The zero-order valence-corrected chi connectivity index (χ0v) is 17.6. The summed E-state index contributed by atoms with van der Waals surface area (Å²) in [5, 5.41) is 15.3. The summed E-state index contributed by atoms with van der Waals surface area (Å²) in [5.74, 6) is 0.0431. The summed E-state index contributed by atoms with van der Waals surface area (Å²) >= 11 is 0. The van der Waals surface area contributed by atoms with E-state index in [9.17, 15) is 10.1 Å². The van der Waals surface area contributed by atoms with E-state index in [1.807, 2.05) is 41.1 Å². The molecular formula is C24H25N5O2. The van der Waals surface area contributed by atoms with Crippen LogP contribution in [0.5, 0.6) is 0 Å². The van der Waals surface area contributed by atoms with Gasteiger partial charge in [-0.15, -0.1) is 0 Å². The molecule has 1 saturated heterocycles. The maximum absolute atomic E-state index is 12.5. The Bertz CT molecular complexity index is 1150. The summed E-state index contributed by atoms with van der Waals surface area (Å²) < 4.78 is 6.86. The molecule has 158 valence electrons. The molecule has 2 aliphatic rings. The SMILES string of the molecule is COC(=O)c1cc(N2CCC(C#N)CC2)c2c(C3CCC3)nn(-c3ccccc3)c2n1. The Morgan fingerprint density at radius 2 is 1.90 bits per heavy atom. The minimum Gasteiger partial charge on any atom is -0.464 e. The van der Waals surface area contributed by atoms with E-state index in [4.69, 9.17) is 14.8 Å². The van der Waals surface area contributed by atoms with E-state index in [0.717, 1.165) is 61.2 Å². The molecule has 3 heterocycles. The molecule has 3 aromatic rings. The lowest BCUT2D eigenvalue weighted by molar-refractivity contribution is 0.0594. The number of nitriles is 1. The first-order valence-corrected chi connectivity index (χ1v) is 10.9. The van der Waals surface area contributed by atoms with Crippen molar-refractivity contribution in [1.82, 2.24) is 14.8 Å². The molecule has 2 aromatic heterocycles. The summed E-state index contributed by atoms with van der Waals surface area (Å²) in [4.78, 5) is 19.5. The second-order valence-corrected chi connectivity index (χ2v) is 8.37. The van der Waals surface area contributed by atoms with Gasteiger partial charge in [0, 0.05) is 24.9 Å². The lowest BCUT2D eigenvalue weighted by Gasteiger charge is -2.32. The average molecular weight is 415 g/mol. The van der Waals surface area contributed by atoms with E-state index in [1.165, 1.54) is 13.5 Å². The molecule has 1 aliphatic heterocycles. The van der Waals surface area contributed by atoms with E-state index in [1.54, 1.807) is 0 Å². The molecule has 31 heavy (non-hydrogen) atoms. The van der Waals surface area contributed by atoms with Crippen LogP contribution in [0.1, 0.15) is 54.2 Å². The van der Waals surface area contributed by atoms with Crippen LogP contribution < -0.4 is 4.90 Å². The summed E-state index contributed by atoms with van der Waals surface area (Å²) in [7, 11) is 1.38. The van der Waals surface area contributed by atoms with Gasteiger partial charge in [0.25, 0.3) is 0 Å². The number of aromatic nitrogens is 3. The lowest BCUT2D eigenvalue weighted by Crippen LogP contribution is -2.33.